The third kappa shape index (κ3) is 2.54. The predicted molar refractivity (Wildman–Crippen MR) is 63.8 cm³/mol. The summed E-state index contributed by atoms with van der Waals surface area (Å²) in [4.78, 5) is 4.85. The van der Waals surface area contributed by atoms with Gasteiger partial charge in [-0.3, -0.25) is 9.80 Å². The first-order valence-electron chi connectivity index (χ1n) is 6.34. The van der Waals surface area contributed by atoms with Gasteiger partial charge in [0, 0.05) is 25.2 Å². The first-order chi connectivity index (χ1) is 7.70. The fourth-order valence-electron chi connectivity index (χ4n) is 2.78. The Labute approximate surface area is 98.0 Å². The zero-order valence-electron chi connectivity index (χ0n) is 10.1. The molecule has 0 bridgehead atoms. The molecule has 0 saturated carbocycles. The highest BCUT2D eigenvalue weighted by atomic mass is 15.3. The number of rotatable bonds is 2. The van der Waals surface area contributed by atoms with E-state index in [0.29, 0.717) is 12.1 Å². The van der Waals surface area contributed by atoms with Crippen molar-refractivity contribution < 1.29 is 0 Å². The summed E-state index contributed by atoms with van der Waals surface area (Å²) in [6.45, 7) is 6.40. The highest BCUT2D eigenvalue weighted by Crippen LogP contribution is 2.21. The molecule has 0 amide bonds. The second kappa shape index (κ2) is 5.13. The van der Waals surface area contributed by atoms with Gasteiger partial charge in [-0.1, -0.05) is 0 Å². The van der Waals surface area contributed by atoms with Gasteiger partial charge in [-0.2, -0.15) is 5.26 Å². The Morgan fingerprint density at radius 3 is 2.56 bits per heavy atom. The zero-order valence-corrected chi connectivity index (χ0v) is 10.1. The second-order valence-electron chi connectivity index (χ2n) is 5.12. The molecule has 2 N–H and O–H groups in total. The van der Waals surface area contributed by atoms with Crippen LogP contribution < -0.4 is 5.73 Å². The average Bonchev–Trinajstić information content (AvgIpc) is 2.78. The number of piperidine rings is 1. The number of nitrogens with zero attached hydrogens (tertiary/aromatic N) is 3. The van der Waals surface area contributed by atoms with Crippen LogP contribution in [0.1, 0.15) is 26.2 Å². The van der Waals surface area contributed by atoms with E-state index in [1.54, 1.807) is 0 Å². The number of likely N-dealkylation sites (tertiary alicyclic amines) is 2. The number of nitrogens with two attached hydrogens (primary N) is 1. The van der Waals surface area contributed by atoms with Gasteiger partial charge >= 0.3 is 0 Å². The van der Waals surface area contributed by atoms with Crippen molar-refractivity contribution in [1.82, 2.24) is 9.80 Å². The van der Waals surface area contributed by atoms with Gasteiger partial charge in [0.2, 0.25) is 0 Å². The van der Waals surface area contributed by atoms with Crippen molar-refractivity contribution in [2.75, 3.05) is 26.2 Å². The highest BCUT2D eigenvalue weighted by Gasteiger charge is 2.31. The Morgan fingerprint density at radius 1 is 1.25 bits per heavy atom. The molecule has 2 saturated heterocycles. The molecule has 2 fully saturated rings. The van der Waals surface area contributed by atoms with E-state index in [-0.39, 0.29) is 6.04 Å². The molecule has 2 aliphatic rings. The third-order valence-electron chi connectivity index (χ3n) is 4.02. The van der Waals surface area contributed by atoms with Crippen LogP contribution in [0.2, 0.25) is 0 Å². The highest BCUT2D eigenvalue weighted by molar-refractivity contribution is 4.95. The maximum absolute atomic E-state index is 8.90. The SMILES string of the molecule is CC(C#N)N1CCC(N2CCC(N)CC2)C1. The summed E-state index contributed by atoms with van der Waals surface area (Å²) in [5.74, 6) is 0. The molecule has 0 aromatic carbocycles. The fourth-order valence-corrected chi connectivity index (χ4v) is 2.78. The molecule has 4 nitrogen and oxygen atoms in total. The van der Waals surface area contributed by atoms with Gasteiger partial charge in [0.1, 0.15) is 0 Å². The van der Waals surface area contributed by atoms with E-state index in [1.165, 1.54) is 6.42 Å². The summed E-state index contributed by atoms with van der Waals surface area (Å²) in [5.41, 5.74) is 5.91. The zero-order chi connectivity index (χ0) is 11.5. The van der Waals surface area contributed by atoms with Crippen molar-refractivity contribution in [1.29, 1.82) is 5.26 Å². The van der Waals surface area contributed by atoms with Crippen LogP contribution in [0.4, 0.5) is 0 Å². The van der Waals surface area contributed by atoms with Crippen molar-refractivity contribution in [3.05, 3.63) is 0 Å². The van der Waals surface area contributed by atoms with Gasteiger partial charge < -0.3 is 5.73 Å². The summed E-state index contributed by atoms with van der Waals surface area (Å²) in [6.07, 6.45) is 3.47. The van der Waals surface area contributed by atoms with Gasteiger partial charge in [-0.15, -0.1) is 0 Å². The van der Waals surface area contributed by atoms with Crippen molar-refractivity contribution in [2.24, 2.45) is 5.73 Å². The Hall–Kier alpha value is -0.630. The Morgan fingerprint density at radius 2 is 1.94 bits per heavy atom. The number of nitriles is 1. The number of hydrogen-bond acceptors (Lipinski definition) is 4. The molecule has 2 unspecified atom stereocenters. The van der Waals surface area contributed by atoms with E-state index < -0.39 is 0 Å². The molecule has 0 aliphatic carbocycles. The Kier molecular flexibility index (Phi) is 3.80. The summed E-state index contributed by atoms with van der Waals surface area (Å²) >= 11 is 0. The normalized spacial score (nSPS) is 31.4. The van der Waals surface area contributed by atoms with Crippen LogP contribution in [0.15, 0.2) is 0 Å². The Balaban J connectivity index is 1.82. The molecule has 2 atom stereocenters. The van der Waals surface area contributed by atoms with Gasteiger partial charge in [0.15, 0.2) is 0 Å². The van der Waals surface area contributed by atoms with E-state index >= 15 is 0 Å². The van der Waals surface area contributed by atoms with Crippen molar-refractivity contribution in [3.8, 4) is 6.07 Å². The van der Waals surface area contributed by atoms with Crippen LogP contribution in [-0.4, -0.2) is 54.1 Å². The third-order valence-corrected chi connectivity index (χ3v) is 4.02. The molecular weight excluding hydrogens is 200 g/mol. The van der Waals surface area contributed by atoms with E-state index in [1.807, 2.05) is 6.92 Å². The molecule has 2 heterocycles. The van der Waals surface area contributed by atoms with Gasteiger partial charge in [-0.25, -0.2) is 0 Å². The van der Waals surface area contributed by atoms with E-state index in [2.05, 4.69) is 15.9 Å². The monoisotopic (exact) mass is 222 g/mol. The summed E-state index contributed by atoms with van der Waals surface area (Å²) in [5, 5.41) is 8.90. The summed E-state index contributed by atoms with van der Waals surface area (Å²) in [7, 11) is 0. The Bertz CT molecular complexity index is 265. The lowest BCUT2D eigenvalue weighted by Crippen LogP contribution is -2.46. The minimum absolute atomic E-state index is 0.0667. The van der Waals surface area contributed by atoms with E-state index in [0.717, 1.165) is 39.0 Å². The van der Waals surface area contributed by atoms with Crippen LogP contribution in [0.25, 0.3) is 0 Å². The second-order valence-corrected chi connectivity index (χ2v) is 5.12. The van der Waals surface area contributed by atoms with Crippen LogP contribution in [0.3, 0.4) is 0 Å². The predicted octanol–water partition coefficient (Wildman–Crippen LogP) is 0.396. The maximum atomic E-state index is 8.90. The lowest BCUT2D eigenvalue weighted by molar-refractivity contribution is 0.150. The van der Waals surface area contributed by atoms with Crippen molar-refractivity contribution in [3.63, 3.8) is 0 Å². The van der Waals surface area contributed by atoms with Crippen LogP contribution >= 0.6 is 0 Å². The molecule has 0 aromatic rings. The minimum Gasteiger partial charge on any atom is -0.328 e. The molecule has 4 heteroatoms. The molecule has 16 heavy (non-hydrogen) atoms. The van der Waals surface area contributed by atoms with Gasteiger partial charge in [0.05, 0.1) is 12.1 Å². The quantitative estimate of drug-likeness (QED) is 0.734. The summed E-state index contributed by atoms with van der Waals surface area (Å²) < 4.78 is 0. The molecule has 90 valence electrons. The smallest absolute Gasteiger partial charge is 0.0949 e. The molecule has 0 spiro atoms. The molecular formula is C12H22N4. The maximum Gasteiger partial charge on any atom is 0.0949 e. The van der Waals surface area contributed by atoms with Gasteiger partial charge in [-0.05, 0) is 39.3 Å². The first kappa shape index (κ1) is 11.8. The average molecular weight is 222 g/mol. The van der Waals surface area contributed by atoms with Gasteiger partial charge in [0.25, 0.3) is 0 Å². The van der Waals surface area contributed by atoms with Crippen molar-refractivity contribution in [2.45, 2.75) is 44.3 Å². The lowest BCUT2D eigenvalue weighted by atomic mass is 10.0. The molecule has 2 aliphatic heterocycles. The minimum atomic E-state index is 0.0667. The standard InChI is InChI=1S/C12H22N4/c1-10(8-13)16-7-4-12(9-16)15-5-2-11(14)3-6-15/h10-12H,2-7,9,14H2,1H3. The fraction of sp³-hybridized carbons (Fsp3) is 0.917. The first-order valence-corrected chi connectivity index (χ1v) is 6.34. The van der Waals surface area contributed by atoms with Crippen LogP contribution in [-0.2, 0) is 0 Å². The number of hydrogen-bond donors (Lipinski definition) is 1. The largest absolute Gasteiger partial charge is 0.328 e. The van der Waals surface area contributed by atoms with E-state index in [4.69, 9.17) is 11.0 Å². The lowest BCUT2D eigenvalue weighted by Gasteiger charge is -2.34. The van der Waals surface area contributed by atoms with E-state index in [9.17, 15) is 0 Å². The topological polar surface area (TPSA) is 56.3 Å². The molecule has 0 radical (unpaired) electrons. The van der Waals surface area contributed by atoms with Crippen molar-refractivity contribution >= 4 is 0 Å². The molecule has 0 aromatic heterocycles. The van der Waals surface area contributed by atoms with Crippen LogP contribution in [0, 0.1) is 11.3 Å². The van der Waals surface area contributed by atoms with Crippen LogP contribution in [0.5, 0.6) is 0 Å². The molecule has 2 rings (SSSR count). The summed E-state index contributed by atoms with van der Waals surface area (Å²) in [6, 6.07) is 3.46.